The molecule has 1 aliphatic carbocycles. The third kappa shape index (κ3) is 5.21. The molecule has 1 N–H and O–H groups in total. The van der Waals surface area contributed by atoms with Crippen LogP contribution in [0.15, 0.2) is 48.5 Å². The van der Waals surface area contributed by atoms with Crippen LogP contribution in [0, 0.1) is 5.92 Å². The van der Waals surface area contributed by atoms with Crippen molar-refractivity contribution in [3.8, 4) is 0 Å². The van der Waals surface area contributed by atoms with Gasteiger partial charge in [-0.1, -0.05) is 54.8 Å². The van der Waals surface area contributed by atoms with Gasteiger partial charge in [-0.25, -0.2) is 0 Å². The number of amides is 1. The molecular formula is C23H26ClNO3. The lowest BCUT2D eigenvalue weighted by Gasteiger charge is -2.27. The normalized spacial score (nSPS) is 17.2. The highest BCUT2D eigenvalue weighted by atomic mass is 35.5. The van der Waals surface area contributed by atoms with E-state index in [4.69, 9.17) is 11.6 Å². The number of halogens is 1. The van der Waals surface area contributed by atoms with E-state index in [-0.39, 0.29) is 30.6 Å². The first-order valence-electron chi connectivity index (χ1n) is 9.85. The summed E-state index contributed by atoms with van der Waals surface area (Å²) < 4.78 is 0. The molecular weight excluding hydrogens is 374 g/mol. The highest BCUT2D eigenvalue weighted by Crippen LogP contribution is 2.28. The minimum Gasteiger partial charge on any atom is -0.392 e. The summed E-state index contributed by atoms with van der Waals surface area (Å²) in [7, 11) is 0. The van der Waals surface area contributed by atoms with Crippen molar-refractivity contribution in [3.63, 3.8) is 0 Å². The van der Waals surface area contributed by atoms with Gasteiger partial charge in [-0.15, -0.1) is 0 Å². The minimum atomic E-state index is -0.205. The van der Waals surface area contributed by atoms with Gasteiger partial charge in [0.05, 0.1) is 13.2 Å². The van der Waals surface area contributed by atoms with Crippen LogP contribution >= 0.6 is 11.6 Å². The summed E-state index contributed by atoms with van der Waals surface area (Å²) in [5, 5.41) is 10.4. The number of carbonyl (C=O) groups excluding carboxylic acids is 2. The average molecular weight is 400 g/mol. The first-order valence-corrected chi connectivity index (χ1v) is 10.2. The monoisotopic (exact) mass is 399 g/mol. The summed E-state index contributed by atoms with van der Waals surface area (Å²) in [6.45, 7) is 0.219. The molecule has 0 aliphatic heterocycles. The topological polar surface area (TPSA) is 57.6 Å². The predicted molar refractivity (Wildman–Crippen MR) is 111 cm³/mol. The Morgan fingerprint density at radius 3 is 2.57 bits per heavy atom. The lowest BCUT2D eigenvalue weighted by molar-refractivity contribution is -0.127. The first kappa shape index (κ1) is 20.6. The highest BCUT2D eigenvalue weighted by molar-refractivity contribution is 6.30. The molecule has 0 saturated heterocycles. The molecule has 1 atom stereocenters. The number of Topliss-reactive ketones (excluding diaryl/α,β-unsaturated/α-hetero) is 1. The molecule has 2 aromatic carbocycles. The minimum absolute atomic E-state index is 0.0869. The first-order chi connectivity index (χ1) is 13.6. The largest absolute Gasteiger partial charge is 0.392 e. The second-order valence-electron chi connectivity index (χ2n) is 7.36. The van der Waals surface area contributed by atoms with Gasteiger partial charge in [-0.2, -0.15) is 0 Å². The lowest BCUT2D eigenvalue weighted by Crippen LogP contribution is -2.34. The molecule has 2 aromatic rings. The average Bonchev–Trinajstić information content (AvgIpc) is 2.91. The second kappa shape index (κ2) is 9.85. The van der Waals surface area contributed by atoms with Gasteiger partial charge in [0.1, 0.15) is 5.78 Å². The summed E-state index contributed by atoms with van der Waals surface area (Å²) in [4.78, 5) is 27.4. The van der Waals surface area contributed by atoms with E-state index < -0.39 is 0 Å². The van der Waals surface area contributed by atoms with Crippen molar-refractivity contribution in [1.29, 1.82) is 0 Å². The molecule has 1 unspecified atom stereocenters. The highest BCUT2D eigenvalue weighted by Gasteiger charge is 2.27. The fourth-order valence-corrected chi connectivity index (χ4v) is 3.88. The third-order valence-electron chi connectivity index (χ3n) is 5.36. The van der Waals surface area contributed by atoms with E-state index in [1.54, 1.807) is 17.0 Å². The Bertz CT molecular complexity index is 819. The standard InChI is InChI=1S/C23H26ClNO3/c24-20-12-10-17(11-13-20)15-25(21-8-5-4-7-19(21)16-26)23(28)14-18-6-2-1-3-9-22(18)27/h4-5,7-8,10-13,18,26H,1-3,6,9,14-16H2. The maximum Gasteiger partial charge on any atom is 0.228 e. The Morgan fingerprint density at radius 1 is 1.07 bits per heavy atom. The molecule has 3 rings (SSSR count). The van der Waals surface area contributed by atoms with Gasteiger partial charge < -0.3 is 10.0 Å². The summed E-state index contributed by atoms with van der Waals surface area (Å²) in [5.41, 5.74) is 2.32. The Kier molecular flexibility index (Phi) is 7.24. The predicted octanol–water partition coefficient (Wildman–Crippen LogP) is 4.91. The zero-order chi connectivity index (χ0) is 19.9. The van der Waals surface area contributed by atoms with E-state index in [0.29, 0.717) is 29.2 Å². The number of aliphatic hydroxyl groups is 1. The van der Waals surface area contributed by atoms with Gasteiger partial charge in [-0.05, 0) is 36.6 Å². The van der Waals surface area contributed by atoms with Crippen molar-refractivity contribution in [2.75, 3.05) is 4.90 Å². The van der Waals surface area contributed by atoms with E-state index in [0.717, 1.165) is 31.2 Å². The molecule has 0 spiro atoms. The van der Waals surface area contributed by atoms with E-state index >= 15 is 0 Å². The van der Waals surface area contributed by atoms with Crippen molar-refractivity contribution in [2.24, 2.45) is 5.92 Å². The number of hydrogen-bond acceptors (Lipinski definition) is 3. The fraction of sp³-hybridized carbons (Fsp3) is 0.391. The van der Waals surface area contributed by atoms with Crippen LogP contribution in [0.5, 0.6) is 0 Å². The second-order valence-corrected chi connectivity index (χ2v) is 7.80. The van der Waals surface area contributed by atoms with Crippen LogP contribution in [0.25, 0.3) is 0 Å². The summed E-state index contributed by atoms with van der Waals surface area (Å²) in [5.74, 6) is -0.0900. The Balaban J connectivity index is 1.87. The number of ketones is 1. The van der Waals surface area contributed by atoms with Gasteiger partial charge in [0.15, 0.2) is 0 Å². The Morgan fingerprint density at radius 2 is 1.82 bits per heavy atom. The van der Waals surface area contributed by atoms with Crippen molar-refractivity contribution in [3.05, 3.63) is 64.7 Å². The molecule has 148 valence electrons. The van der Waals surface area contributed by atoms with Crippen LogP contribution in [0.3, 0.4) is 0 Å². The summed E-state index contributed by atoms with van der Waals surface area (Å²) in [6.07, 6.45) is 4.53. The van der Waals surface area contributed by atoms with Crippen molar-refractivity contribution < 1.29 is 14.7 Å². The molecule has 28 heavy (non-hydrogen) atoms. The number of para-hydroxylation sites is 1. The van der Waals surface area contributed by atoms with Gasteiger partial charge in [-0.3, -0.25) is 9.59 Å². The van der Waals surface area contributed by atoms with Gasteiger partial charge in [0.2, 0.25) is 5.91 Å². The fourth-order valence-electron chi connectivity index (χ4n) is 3.76. The molecule has 0 bridgehead atoms. The third-order valence-corrected chi connectivity index (χ3v) is 5.61. The van der Waals surface area contributed by atoms with Gasteiger partial charge in [0.25, 0.3) is 0 Å². The van der Waals surface area contributed by atoms with Gasteiger partial charge >= 0.3 is 0 Å². The number of rotatable bonds is 6. The summed E-state index contributed by atoms with van der Waals surface area (Å²) >= 11 is 5.98. The van der Waals surface area contributed by atoms with Crippen LogP contribution in [0.1, 0.15) is 49.7 Å². The van der Waals surface area contributed by atoms with Crippen molar-refractivity contribution >= 4 is 29.0 Å². The Labute approximate surface area is 171 Å². The molecule has 1 amide bonds. The van der Waals surface area contributed by atoms with Crippen LogP contribution in [0.2, 0.25) is 5.02 Å². The number of nitrogens with zero attached hydrogens (tertiary/aromatic N) is 1. The van der Waals surface area contributed by atoms with E-state index in [2.05, 4.69) is 0 Å². The molecule has 0 aromatic heterocycles. The Hall–Kier alpha value is -2.17. The molecule has 1 aliphatic rings. The molecule has 0 radical (unpaired) electrons. The maximum atomic E-state index is 13.3. The molecule has 0 heterocycles. The molecule has 4 nitrogen and oxygen atoms in total. The van der Waals surface area contributed by atoms with Crippen molar-refractivity contribution in [1.82, 2.24) is 0 Å². The molecule has 1 fully saturated rings. The molecule has 5 heteroatoms. The number of carbonyl (C=O) groups is 2. The number of aliphatic hydroxyl groups excluding tert-OH is 1. The SMILES string of the molecule is O=C1CCCCCC1CC(=O)N(Cc1ccc(Cl)cc1)c1ccccc1CO. The van der Waals surface area contributed by atoms with Crippen LogP contribution in [-0.2, 0) is 22.7 Å². The van der Waals surface area contributed by atoms with E-state index in [1.165, 1.54) is 0 Å². The number of anilines is 1. The maximum absolute atomic E-state index is 13.3. The zero-order valence-electron chi connectivity index (χ0n) is 15.9. The van der Waals surface area contributed by atoms with Crippen molar-refractivity contribution in [2.45, 2.75) is 51.7 Å². The zero-order valence-corrected chi connectivity index (χ0v) is 16.7. The summed E-state index contributed by atoms with van der Waals surface area (Å²) in [6, 6.07) is 14.7. The van der Waals surface area contributed by atoms with Crippen LogP contribution in [0.4, 0.5) is 5.69 Å². The van der Waals surface area contributed by atoms with E-state index in [1.807, 2.05) is 36.4 Å². The van der Waals surface area contributed by atoms with E-state index in [9.17, 15) is 14.7 Å². The van der Waals surface area contributed by atoms with Crippen LogP contribution in [-0.4, -0.2) is 16.8 Å². The number of hydrogen-bond donors (Lipinski definition) is 1. The smallest absolute Gasteiger partial charge is 0.228 e. The van der Waals surface area contributed by atoms with Crippen LogP contribution < -0.4 is 4.90 Å². The van der Waals surface area contributed by atoms with Gasteiger partial charge in [0, 0.05) is 35.0 Å². The quantitative estimate of drug-likeness (QED) is 0.702. The number of benzene rings is 2. The lowest BCUT2D eigenvalue weighted by atomic mass is 9.94. The molecule has 1 saturated carbocycles.